The molecule has 0 amide bonds. The number of fused-ring (bicyclic) bond motifs is 1. The lowest BCUT2D eigenvalue weighted by Crippen LogP contribution is -1.98. The first-order valence-electron chi connectivity index (χ1n) is 5.62. The van der Waals surface area contributed by atoms with Crippen LogP contribution in [0.4, 0.5) is 5.69 Å². The van der Waals surface area contributed by atoms with Gasteiger partial charge in [0.2, 0.25) is 5.78 Å². The number of H-pyrrole nitrogens is 1. The highest BCUT2D eigenvalue weighted by atomic mass is 79.9. The van der Waals surface area contributed by atoms with Crippen molar-refractivity contribution in [1.82, 2.24) is 4.98 Å². The van der Waals surface area contributed by atoms with E-state index >= 15 is 0 Å². The van der Waals surface area contributed by atoms with E-state index in [0.717, 1.165) is 0 Å². The SMILES string of the molecule is O=C(c1ccc(Br)o1)c1c[nH]c2c([N+](=O)[O-])cccc12. The number of halogens is 1. The van der Waals surface area contributed by atoms with Crippen LogP contribution in [0.3, 0.4) is 0 Å². The second-order valence-corrected chi connectivity index (χ2v) is 4.87. The van der Waals surface area contributed by atoms with Crippen molar-refractivity contribution in [2.75, 3.05) is 0 Å². The van der Waals surface area contributed by atoms with Crippen molar-refractivity contribution in [1.29, 1.82) is 0 Å². The molecule has 3 rings (SSSR count). The molecule has 0 unspecified atom stereocenters. The minimum absolute atomic E-state index is 0.0674. The number of rotatable bonds is 3. The number of para-hydroxylation sites is 1. The Balaban J connectivity index is 2.16. The number of carbonyl (C=O) groups is 1. The van der Waals surface area contributed by atoms with Gasteiger partial charge in [-0.1, -0.05) is 12.1 Å². The Labute approximate surface area is 120 Å². The summed E-state index contributed by atoms with van der Waals surface area (Å²) in [5.41, 5.74) is 0.596. The van der Waals surface area contributed by atoms with Crippen LogP contribution >= 0.6 is 15.9 Å². The lowest BCUT2D eigenvalue weighted by atomic mass is 10.1. The number of aromatic amines is 1. The van der Waals surface area contributed by atoms with Gasteiger partial charge in [0.15, 0.2) is 10.4 Å². The molecular formula is C13H7BrN2O4. The quantitative estimate of drug-likeness (QED) is 0.449. The van der Waals surface area contributed by atoms with E-state index in [9.17, 15) is 14.9 Å². The van der Waals surface area contributed by atoms with Crippen LogP contribution in [-0.2, 0) is 0 Å². The fourth-order valence-electron chi connectivity index (χ4n) is 2.05. The number of furan rings is 1. The highest BCUT2D eigenvalue weighted by Crippen LogP contribution is 2.29. The van der Waals surface area contributed by atoms with E-state index in [-0.39, 0.29) is 17.2 Å². The van der Waals surface area contributed by atoms with Crippen LogP contribution in [-0.4, -0.2) is 15.7 Å². The maximum Gasteiger partial charge on any atom is 0.293 e. The number of nitrogens with zero attached hydrogens (tertiary/aromatic N) is 1. The Morgan fingerprint density at radius 3 is 2.75 bits per heavy atom. The van der Waals surface area contributed by atoms with Crippen molar-refractivity contribution in [2.45, 2.75) is 0 Å². The van der Waals surface area contributed by atoms with E-state index in [2.05, 4.69) is 20.9 Å². The Kier molecular flexibility index (Phi) is 2.90. The summed E-state index contributed by atoms with van der Waals surface area (Å²) in [6, 6.07) is 7.75. The molecule has 0 atom stereocenters. The van der Waals surface area contributed by atoms with Gasteiger partial charge in [0.1, 0.15) is 5.52 Å². The van der Waals surface area contributed by atoms with Gasteiger partial charge in [0.05, 0.1) is 10.5 Å². The summed E-state index contributed by atoms with van der Waals surface area (Å²) in [5.74, 6) is -0.160. The van der Waals surface area contributed by atoms with E-state index in [0.29, 0.717) is 21.1 Å². The third kappa shape index (κ3) is 1.92. The summed E-state index contributed by atoms with van der Waals surface area (Å²) < 4.78 is 5.67. The topological polar surface area (TPSA) is 89.1 Å². The first-order valence-corrected chi connectivity index (χ1v) is 6.42. The van der Waals surface area contributed by atoms with Crippen LogP contribution in [0.25, 0.3) is 10.9 Å². The number of nitro groups is 1. The largest absolute Gasteiger partial charge is 0.446 e. The van der Waals surface area contributed by atoms with E-state index in [4.69, 9.17) is 4.42 Å². The summed E-state index contributed by atoms with van der Waals surface area (Å²) in [6.45, 7) is 0. The summed E-state index contributed by atoms with van der Waals surface area (Å²) in [4.78, 5) is 25.5. The monoisotopic (exact) mass is 334 g/mol. The van der Waals surface area contributed by atoms with Gasteiger partial charge in [-0.25, -0.2) is 0 Å². The highest BCUT2D eigenvalue weighted by Gasteiger charge is 2.21. The second kappa shape index (κ2) is 4.61. The molecular weight excluding hydrogens is 328 g/mol. The first kappa shape index (κ1) is 12.6. The minimum Gasteiger partial charge on any atom is -0.446 e. The van der Waals surface area contributed by atoms with Crippen molar-refractivity contribution in [3.63, 3.8) is 0 Å². The fourth-order valence-corrected chi connectivity index (χ4v) is 2.35. The second-order valence-electron chi connectivity index (χ2n) is 4.09. The molecule has 3 aromatic rings. The average molecular weight is 335 g/mol. The molecule has 0 saturated carbocycles. The molecule has 6 nitrogen and oxygen atoms in total. The van der Waals surface area contributed by atoms with Crippen molar-refractivity contribution < 1.29 is 14.1 Å². The maximum absolute atomic E-state index is 12.3. The number of hydrogen-bond acceptors (Lipinski definition) is 4. The summed E-state index contributed by atoms with van der Waals surface area (Å²) >= 11 is 3.13. The molecule has 7 heteroatoms. The molecule has 0 fully saturated rings. The van der Waals surface area contributed by atoms with E-state index in [1.54, 1.807) is 24.3 Å². The smallest absolute Gasteiger partial charge is 0.293 e. The van der Waals surface area contributed by atoms with Crippen molar-refractivity contribution in [2.24, 2.45) is 0 Å². The highest BCUT2D eigenvalue weighted by molar-refractivity contribution is 9.10. The molecule has 0 aliphatic heterocycles. The molecule has 1 N–H and O–H groups in total. The minimum atomic E-state index is -0.490. The van der Waals surface area contributed by atoms with Gasteiger partial charge in [-0.2, -0.15) is 0 Å². The standard InChI is InChI=1S/C13H7BrN2O4/c14-11-5-4-10(20-11)13(17)8-6-15-12-7(8)2-1-3-9(12)16(18)19/h1-6,15H. The predicted molar refractivity (Wildman–Crippen MR) is 74.8 cm³/mol. The Hall–Kier alpha value is -2.41. The maximum atomic E-state index is 12.3. The molecule has 0 spiro atoms. The predicted octanol–water partition coefficient (Wildman–Crippen LogP) is 3.66. The van der Waals surface area contributed by atoms with Crippen molar-refractivity contribution in [3.05, 3.63) is 62.6 Å². The zero-order chi connectivity index (χ0) is 14.3. The van der Waals surface area contributed by atoms with E-state index in [1.165, 1.54) is 12.3 Å². The Bertz CT molecular complexity index is 834. The number of nitrogens with one attached hydrogen (secondary N) is 1. The molecule has 0 aliphatic carbocycles. The van der Waals surface area contributed by atoms with Crippen molar-refractivity contribution >= 4 is 38.3 Å². The number of ketones is 1. The van der Waals surface area contributed by atoms with Crippen LogP contribution in [0.1, 0.15) is 16.1 Å². The molecule has 2 aromatic heterocycles. The molecule has 0 aliphatic rings. The van der Waals surface area contributed by atoms with Gasteiger partial charge in [-0.3, -0.25) is 14.9 Å². The first-order chi connectivity index (χ1) is 9.58. The molecule has 2 heterocycles. The lowest BCUT2D eigenvalue weighted by Gasteiger charge is -1.96. The number of nitro benzene ring substituents is 1. The number of hydrogen-bond donors (Lipinski definition) is 1. The van der Waals surface area contributed by atoms with Crippen LogP contribution in [0.5, 0.6) is 0 Å². The van der Waals surface area contributed by atoms with Gasteiger partial charge < -0.3 is 9.40 Å². The molecule has 0 bridgehead atoms. The van der Waals surface area contributed by atoms with Gasteiger partial charge in [0, 0.05) is 17.6 Å². The zero-order valence-electron chi connectivity index (χ0n) is 9.92. The Morgan fingerprint density at radius 2 is 2.10 bits per heavy atom. The van der Waals surface area contributed by atoms with Gasteiger partial charge >= 0.3 is 0 Å². The fraction of sp³-hybridized carbons (Fsp3) is 0. The third-order valence-electron chi connectivity index (χ3n) is 2.93. The zero-order valence-corrected chi connectivity index (χ0v) is 11.5. The van der Waals surface area contributed by atoms with E-state index in [1.807, 2.05) is 0 Å². The summed E-state index contributed by atoms with van der Waals surface area (Å²) in [6.07, 6.45) is 1.45. The van der Waals surface area contributed by atoms with Crippen LogP contribution in [0.2, 0.25) is 0 Å². The molecule has 1 aromatic carbocycles. The Morgan fingerprint density at radius 1 is 1.30 bits per heavy atom. The molecule has 0 saturated heterocycles. The average Bonchev–Trinajstić information content (AvgIpc) is 3.03. The summed E-state index contributed by atoms with van der Waals surface area (Å²) in [7, 11) is 0. The number of aromatic nitrogens is 1. The van der Waals surface area contributed by atoms with Crippen molar-refractivity contribution in [3.8, 4) is 0 Å². The molecule has 100 valence electrons. The summed E-state index contributed by atoms with van der Waals surface area (Å²) in [5, 5.41) is 11.4. The third-order valence-corrected chi connectivity index (χ3v) is 3.36. The number of carbonyl (C=O) groups excluding carboxylic acids is 1. The number of benzene rings is 1. The normalized spacial score (nSPS) is 10.8. The van der Waals surface area contributed by atoms with Crippen LogP contribution in [0, 0.1) is 10.1 Å². The van der Waals surface area contributed by atoms with Gasteiger partial charge in [-0.05, 0) is 28.1 Å². The van der Waals surface area contributed by atoms with E-state index < -0.39 is 4.92 Å². The van der Waals surface area contributed by atoms with Crippen LogP contribution in [0.15, 0.2) is 45.6 Å². The lowest BCUT2D eigenvalue weighted by molar-refractivity contribution is -0.383. The number of non-ortho nitro benzene ring substituents is 1. The van der Waals surface area contributed by atoms with Gasteiger partial charge in [0.25, 0.3) is 5.69 Å². The van der Waals surface area contributed by atoms with Crippen LogP contribution < -0.4 is 0 Å². The molecule has 0 radical (unpaired) electrons. The molecule has 20 heavy (non-hydrogen) atoms. The van der Waals surface area contributed by atoms with Gasteiger partial charge in [-0.15, -0.1) is 0 Å².